The van der Waals surface area contributed by atoms with E-state index in [-0.39, 0.29) is 12.5 Å². The summed E-state index contributed by atoms with van der Waals surface area (Å²) in [6, 6.07) is 7.45. The van der Waals surface area contributed by atoms with Crippen molar-refractivity contribution in [2.24, 2.45) is 0 Å². The molecule has 24 heavy (non-hydrogen) atoms. The molecule has 3 rings (SSSR count). The third-order valence-electron chi connectivity index (χ3n) is 3.95. The topological polar surface area (TPSA) is 54.5 Å². The molecule has 0 unspecified atom stereocenters. The number of halogens is 1. The Labute approximate surface area is 150 Å². The highest BCUT2D eigenvalue weighted by Crippen LogP contribution is 2.28. The van der Waals surface area contributed by atoms with Gasteiger partial charge in [0.25, 0.3) is 5.91 Å². The number of likely N-dealkylation sites (N-methyl/N-ethyl adjacent to an activating group) is 1. The summed E-state index contributed by atoms with van der Waals surface area (Å²) in [6.07, 6.45) is 0.943. The number of hydrogen-bond donors (Lipinski definition) is 1. The van der Waals surface area contributed by atoms with Crippen molar-refractivity contribution in [3.8, 4) is 0 Å². The van der Waals surface area contributed by atoms with Crippen LogP contribution in [0.5, 0.6) is 0 Å². The van der Waals surface area contributed by atoms with Gasteiger partial charge in [0, 0.05) is 29.4 Å². The molecule has 2 heterocycles. The van der Waals surface area contributed by atoms with Gasteiger partial charge in [-0.1, -0.05) is 36.7 Å². The first-order valence-corrected chi connectivity index (χ1v) is 9.17. The molecule has 1 N–H and O–H groups in total. The van der Waals surface area contributed by atoms with Crippen LogP contribution in [0.1, 0.15) is 23.1 Å². The molecule has 0 fully saturated rings. The first-order valence-electron chi connectivity index (χ1n) is 7.97. The van der Waals surface area contributed by atoms with Crippen molar-refractivity contribution in [3.05, 3.63) is 45.4 Å². The van der Waals surface area contributed by atoms with Crippen LogP contribution in [0.15, 0.2) is 24.3 Å². The molecule has 1 aromatic carbocycles. The van der Waals surface area contributed by atoms with Crippen LogP contribution in [0.25, 0.3) is 0 Å². The van der Waals surface area contributed by atoms with Gasteiger partial charge in [0.1, 0.15) is 6.61 Å². The van der Waals surface area contributed by atoms with Crippen molar-refractivity contribution < 1.29 is 9.53 Å². The first-order chi connectivity index (χ1) is 11.7. The maximum atomic E-state index is 12.0. The number of anilines is 1. The maximum absolute atomic E-state index is 12.0. The van der Waals surface area contributed by atoms with Crippen molar-refractivity contribution in [1.29, 1.82) is 0 Å². The smallest absolute Gasteiger partial charge is 0.252 e. The summed E-state index contributed by atoms with van der Waals surface area (Å²) in [7, 11) is 0. The number of thiazole rings is 1. The number of amides is 1. The molecule has 128 valence electrons. The SMILES string of the molecule is CCN1CCc2nc(NC(=O)COCc3ccccc3Cl)sc2C1. The molecule has 1 aliphatic heterocycles. The third kappa shape index (κ3) is 4.33. The highest BCUT2D eigenvalue weighted by atomic mass is 35.5. The summed E-state index contributed by atoms with van der Waals surface area (Å²) in [5.74, 6) is -0.194. The standard InChI is InChI=1S/C17H20ClN3O2S/c1-2-21-8-7-14-15(9-21)24-17(19-14)20-16(22)11-23-10-12-5-3-4-6-13(12)18/h3-6H,2,7-11H2,1H3,(H,19,20,22). The minimum absolute atomic E-state index is 0.0173. The zero-order valence-corrected chi connectivity index (χ0v) is 15.1. The molecule has 1 aliphatic rings. The van der Waals surface area contributed by atoms with Gasteiger partial charge in [-0.3, -0.25) is 15.0 Å². The lowest BCUT2D eigenvalue weighted by molar-refractivity contribution is -0.121. The number of benzene rings is 1. The maximum Gasteiger partial charge on any atom is 0.252 e. The number of aromatic nitrogens is 1. The van der Waals surface area contributed by atoms with Crippen molar-refractivity contribution >= 4 is 34.0 Å². The summed E-state index contributed by atoms with van der Waals surface area (Å²) in [5, 5.41) is 4.13. The predicted molar refractivity (Wildman–Crippen MR) is 96.5 cm³/mol. The summed E-state index contributed by atoms with van der Waals surface area (Å²) in [6.45, 7) is 5.44. The van der Waals surface area contributed by atoms with Gasteiger partial charge in [0.2, 0.25) is 0 Å². The van der Waals surface area contributed by atoms with E-state index in [1.807, 2.05) is 18.2 Å². The van der Waals surface area contributed by atoms with E-state index < -0.39 is 0 Å². The average Bonchev–Trinajstić information content (AvgIpc) is 2.97. The second kappa shape index (κ2) is 8.07. The number of rotatable bonds is 6. The monoisotopic (exact) mass is 365 g/mol. The number of fused-ring (bicyclic) bond motifs is 1. The predicted octanol–water partition coefficient (Wildman–Crippen LogP) is 3.33. The number of hydrogen-bond acceptors (Lipinski definition) is 5. The summed E-state index contributed by atoms with van der Waals surface area (Å²) >= 11 is 7.61. The molecule has 1 amide bonds. The van der Waals surface area contributed by atoms with Gasteiger partial charge < -0.3 is 4.74 Å². The molecular weight excluding hydrogens is 346 g/mol. The fraction of sp³-hybridized carbons (Fsp3) is 0.412. The Morgan fingerprint density at radius 1 is 1.46 bits per heavy atom. The second-order valence-corrected chi connectivity index (χ2v) is 7.13. The number of nitrogens with zero attached hydrogens (tertiary/aromatic N) is 2. The van der Waals surface area contributed by atoms with Gasteiger partial charge in [-0.2, -0.15) is 0 Å². The summed E-state index contributed by atoms with van der Waals surface area (Å²) in [5.41, 5.74) is 1.98. The Kier molecular flexibility index (Phi) is 5.84. The Morgan fingerprint density at radius 3 is 3.08 bits per heavy atom. The van der Waals surface area contributed by atoms with E-state index in [2.05, 4.69) is 22.1 Å². The number of carbonyl (C=O) groups excluding carboxylic acids is 1. The molecule has 7 heteroatoms. The normalized spacial score (nSPS) is 14.4. The quantitative estimate of drug-likeness (QED) is 0.853. The van der Waals surface area contributed by atoms with Crippen LogP contribution >= 0.6 is 22.9 Å². The van der Waals surface area contributed by atoms with Crippen molar-refractivity contribution in [2.75, 3.05) is 25.0 Å². The molecule has 0 radical (unpaired) electrons. The Balaban J connectivity index is 1.49. The van der Waals surface area contributed by atoms with Crippen LogP contribution < -0.4 is 5.32 Å². The van der Waals surface area contributed by atoms with Crippen molar-refractivity contribution in [2.45, 2.75) is 26.5 Å². The minimum Gasteiger partial charge on any atom is -0.367 e. The fourth-order valence-corrected chi connectivity index (χ4v) is 3.85. The van der Waals surface area contributed by atoms with Gasteiger partial charge in [-0.15, -0.1) is 11.3 Å². The van der Waals surface area contributed by atoms with Crippen molar-refractivity contribution in [3.63, 3.8) is 0 Å². The van der Waals surface area contributed by atoms with E-state index in [4.69, 9.17) is 16.3 Å². The van der Waals surface area contributed by atoms with Crippen LogP contribution in [-0.2, 0) is 29.1 Å². The Morgan fingerprint density at radius 2 is 2.29 bits per heavy atom. The van der Waals surface area contributed by atoms with E-state index in [1.165, 1.54) is 4.88 Å². The Bertz CT molecular complexity index is 720. The highest BCUT2D eigenvalue weighted by Gasteiger charge is 2.20. The van der Waals surface area contributed by atoms with E-state index in [9.17, 15) is 4.79 Å². The molecule has 0 bridgehead atoms. The molecule has 2 aromatic rings. The number of carbonyl (C=O) groups is 1. The van der Waals surface area contributed by atoms with Gasteiger partial charge in [-0.25, -0.2) is 4.98 Å². The minimum atomic E-state index is -0.194. The van der Waals surface area contributed by atoms with Gasteiger partial charge >= 0.3 is 0 Å². The largest absolute Gasteiger partial charge is 0.367 e. The first kappa shape index (κ1) is 17.4. The van der Waals surface area contributed by atoms with Crippen LogP contribution in [0.3, 0.4) is 0 Å². The number of nitrogens with one attached hydrogen (secondary N) is 1. The third-order valence-corrected chi connectivity index (χ3v) is 5.32. The molecule has 0 atom stereocenters. The Hall–Kier alpha value is -1.47. The fourth-order valence-electron chi connectivity index (χ4n) is 2.60. The zero-order valence-electron chi connectivity index (χ0n) is 13.5. The summed E-state index contributed by atoms with van der Waals surface area (Å²) in [4.78, 5) is 20.2. The molecule has 0 saturated heterocycles. The highest BCUT2D eigenvalue weighted by molar-refractivity contribution is 7.15. The van der Waals surface area contributed by atoms with E-state index in [0.29, 0.717) is 16.8 Å². The lowest BCUT2D eigenvalue weighted by atomic mass is 10.2. The molecule has 1 aromatic heterocycles. The molecule has 0 spiro atoms. The molecular formula is C17H20ClN3O2S. The molecule has 0 saturated carbocycles. The lowest BCUT2D eigenvalue weighted by Crippen LogP contribution is -2.29. The van der Waals surface area contributed by atoms with E-state index in [0.717, 1.165) is 37.3 Å². The van der Waals surface area contributed by atoms with Gasteiger partial charge in [-0.05, 0) is 18.2 Å². The van der Waals surface area contributed by atoms with Crippen LogP contribution in [0.4, 0.5) is 5.13 Å². The van der Waals surface area contributed by atoms with Crippen LogP contribution in [-0.4, -0.2) is 35.5 Å². The molecule has 0 aliphatic carbocycles. The van der Waals surface area contributed by atoms with Crippen molar-refractivity contribution in [1.82, 2.24) is 9.88 Å². The van der Waals surface area contributed by atoms with Gasteiger partial charge in [0.05, 0.1) is 12.3 Å². The van der Waals surface area contributed by atoms with E-state index >= 15 is 0 Å². The van der Waals surface area contributed by atoms with Gasteiger partial charge in [0.15, 0.2) is 5.13 Å². The van der Waals surface area contributed by atoms with Crippen LogP contribution in [0.2, 0.25) is 5.02 Å². The summed E-state index contributed by atoms with van der Waals surface area (Å²) < 4.78 is 5.44. The second-order valence-electron chi connectivity index (χ2n) is 5.64. The zero-order chi connectivity index (χ0) is 16.9. The number of ether oxygens (including phenoxy) is 1. The van der Waals surface area contributed by atoms with E-state index in [1.54, 1.807) is 17.4 Å². The van der Waals surface area contributed by atoms with Crippen LogP contribution in [0, 0.1) is 0 Å². The lowest BCUT2D eigenvalue weighted by Gasteiger charge is -2.23. The molecule has 5 nitrogen and oxygen atoms in total. The average molecular weight is 366 g/mol.